The summed E-state index contributed by atoms with van der Waals surface area (Å²) in [5.41, 5.74) is 2.23. The van der Waals surface area contributed by atoms with Crippen molar-refractivity contribution < 1.29 is 14.0 Å². The Morgan fingerprint density at radius 3 is 2.20 bits per heavy atom. The third-order valence-corrected chi connectivity index (χ3v) is 2.90. The lowest BCUT2D eigenvalue weighted by molar-refractivity contribution is -0.107. The number of rotatable bonds is 5. The van der Waals surface area contributed by atoms with E-state index < -0.39 is 0 Å². The average Bonchev–Trinajstić information content (AvgIpc) is 2.47. The van der Waals surface area contributed by atoms with Crippen LogP contribution in [0.2, 0.25) is 0 Å². The zero-order valence-electron chi connectivity index (χ0n) is 10.8. The maximum atomic E-state index is 12.7. The van der Waals surface area contributed by atoms with Crippen LogP contribution in [-0.2, 0) is 17.8 Å². The van der Waals surface area contributed by atoms with Crippen molar-refractivity contribution in [2.75, 3.05) is 0 Å². The number of nitrogens with one attached hydrogen (secondary N) is 1. The second-order valence-electron chi connectivity index (χ2n) is 4.38. The minimum atomic E-state index is -0.300. The molecule has 0 saturated carbocycles. The van der Waals surface area contributed by atoms with Crippen LogP contribution in [0.15, 0.2) is 48.5 Å². The number of hydrogen-bond acceptors (Lipinski definition) is 2. The van der Waals surface area contributed by atoms with Crippen LogP contribution in [0.25, 0.3) is 0 Å². The van der Waals surface area contributed by atoms with Crippen LogP contribution in [0.4, 0.5) is 4.39 Å². The van der Waals surface area contributed by atoms with Gasteiger partial charge in [0.15, 0.2) is 0 Å². The first kappa shape index (κ1) is 13.9. The van der Waals surface area contributed by atoms with Crippen molar-refractivity contribution in [1.82, 2.24) is 5.32 Å². The van der Waals surface area contributed by atoms with E-state index in [0.717, 1.165) is 17.4 Å². The second kappa shape index (κ2) is 6.61. The van der Waals surface area contributed by atoms with Gasteiger partial charge < -0.3 is 10.1 Å². The molecule has 1 N–H and O–H groups in total. The Morgan fingerprint density at radius 1 is 1.00 bits per heavy atom. The van der Waals surface area contributed by atoms with Crippen molar-refractivity contribution in [2.45, 2.75) is 13.0 Å². The van der Waals surface area contributed by atoms with Crippen LogP contribution >= 0.6 is 0 Å². The second-order valence-corrected chi connectivity index (χ2v) is 4.38. The van der Waals surface area contributed by atoms with Gasteiger partial charge in [-0.2, -0.15) is 0 Å². The molecule has 0 bridgehead atoms. The largest absolute Gasteiger partial charge is 0.348 e. The van der Waals surface area contributed by atoms with Gasteiger partial charge in [-0.3, -0.25) is 4.79 Å². The Hall–Kier alpha value is -2.49. The Bertz CT molecular complexity index is 591. The SMILES string of the molecule is O=CCc1ccc(C(=O)NCc2ccc(F)cc2)cc1. The molecule has 1 amide bonds. The molecule has 0 aliphatic heterocycles. The van der Waals surface area contributed by atoms with Gasteiger partial charge >= 0.3 is 0 Å². The predicted octanol–water partition coefficient (Wildman–Crippen LogP) is 2.50. The lowest BCUT2D eigenvalue weighted by Gasteiger charge is -2.06. The van der Waals surface area contributed by atoms with Gasteiger partial charge in [-0.25, -0.2) is 4.39 Å². The first-order chi connectivity index (χ1) is 9.69. The van der Waals surface area contributed by atoms with E-state index in [9.17, 15) is 14.0 Å². The molecule has 0 fully saturated rings. The number of hydrogen-bond donors (Lipinski definition) is 1. The number of benzene rings is 2. The summed E-state index contributed by atoms with van der Waals surface area (Å²) < 4.78 is 12.7. The first-order valence-electron chi connectivity index (χ1n) is 6.24. The minimum Gasteiger partial charge on any atom is -0.348 e. The number of halogens is 1. The maximum absolute atomic E-state index is 12.7. The molecule has 0 atom stereocenters. The number of carbonyl (C=O) groups excluding carboxylic acids is 2. The lowest BCUT2D eigenvalue weighted by atomic mass is 10.1. The van der Waals surface area contributed by atoms with Crippen molar-refractivity contribution >= 4 is 12.2 Å². The van der Waals surface area contributed by atoms with Crippen LogP contribution in [0.3, 0.4) is 0 Å². The topological polar surface area (TPSA) is 46.2 Å². The van der Waals surface area contributed by atoms with Crippen molar-refractivity contribution in [1.29, 1.82) is 0 Å². The molecule has 0 aliphatic carbocycles. The van der Waals surface area contributed by atoms with E-state index in [0.29, 0.717) is 18.5 Å². The van der Waals surface area contributed by atoms with Crippen molar-refractivity contribution in [2.24, 2.45) is 0 Å². The summed E-state index contributed by atoms with van der Waals surface area (Å²) in [6, 6.07) is 12.8. The van der Waals surface area contributed by atoms with E-state index in [2.05, 4.69) is 5.32 Å². The number of carbonyl (C=O) groups is 2. The summed E-state index contributed by atoms with van der Waals surface area (Å²) in [5.74, 6) is -0.502. The van der Waals surface area contributed by atoms with Gasteiger partial charge in [0.25, 0.3) is 5.91 Å². The Morgan fingerprint density at radius 2 is 1.60 bits per heavy atom. The molecule has 102 valence electrons. The molecule has 0 aliphatic rings. The van der Waals surface area contributed by atoms with Gasteiger partial charge in [0.2, 0.25) is 0 Å². The molecule has 2 rings (SSSR count). The fraction of sp³-hybridized carbons (Fsp3) is 0.125. The summed E-state index contributed by atoms with van der Waals surface area (Å²) in [6.45, 7) is 0.342. The Kier molecular flexibility index (Phi) is 4.60. The monoisotopic (exact) mass is 271 g/mol. The van der Waals surface area contributed by atoms with E-state index in [1.807, 2.05) is 0 Å². The standard InChI is InChI=1S/C16H14FNO2/c17-15-7-3-13(4-8-15)11-18-16(20)14-5-1-12(2-6-14)9-10-19/h1-8,10H,9,11H2,(H,18,20). The lowest BCUT2D eigenvalue weighted by Crippen LogP contribution is -2.22. The molecule has 4 heteroatoms. The predicted molar refractivity (Wildman–Crippen MR) is 73.8 cm³/mol. The molecule has 0 radical (unpaired) electrons. The fourth-order valence-electron chi connectivity index (χ4n) is 1.78. The van der Waals surface area contributed by atoms with Gasteiger partial charge in [-0.1, -0.05) is 24.3 Å². The summed E-state index contributed by atoms with van der Waals surface area (Å²) in [4.78, 5) is 22.3. The van der Waals surface area contributed by atoms with Gasteiger partial charge in [-0.15, -0.1) is 0 Å². The summed E-state index contributed by atoms with van der Waals surface area (Å²) in [6.07, 6.45) is 1.17. The van der Waals surface area contributed by atoms with E-state index >= 15 is 0 Å². The molecule has 2 aromatic carbocycles. The van der Waals surface area contributed by atoms with Gasteiger partial charge in [-0.05, 0) is 35.4 Å². The zero-order valence-corrected chi connectivity index (χ0v) is 10.8. The Labute approximate surface area is 116 Å². The highest BCUT2D eigenvalue weighted by Gasteiger charge is 2.05. The Balaban J connectivity index is 1.94. The van der Waals surface area contributed by atoms with E-state index in [-0.39, 0.29) is 11.7 Å². The zero-order chi connectivity index (χ0) is 14.4. The highest BCUT2D eigenvalue weighted by molar-refractivity contribution is 5.94. The van der Waals surface area contributed by atoms with E-state index in [1.165, 1.54) is 12.1 Å². The highest BCUT2D eigenvalue weighted by atomic mass is 19.1. The molecule has 3 nitrogen and oxygen atoms in total. The molecule has 20 heavy (non-hydrogen) atoms. The van der Waals surface area contributed by atoms with Crippen LogP contribution in [0.1, 0.15) is 21.5 Å². The quantitative estimate of drug-likeness (QED) is 0.849. The van der Waals surface area contributed by atoms with Gasteiger partial charge in [0, 0.05) is 18.5 Å². The molecule has 2 aromatic rings. The normalized spacial score (nSPS) is 10.1. The maximum Gasteiger partial charge on any atom is 0.251 e. The highest BCUT2D eigenvalue weighted by Crippen LogP contribution is 2.06. The first-order valence-corrected chi connectivity index (χ1v) is 6.24. The summed E-state index contributed by atoms with van der Waals surface area (Å²) in [5, 5.41) is 2.76. The van der Waals surface area contributed by atoms with Crippen LogP contribution in [0.5, 0.6) is 0 Å². The van der Waals surface area contributed by atoms with Crippen LogP contribution < -0.4 is 5.32 Å². The van der Waals surface area contributed by atoms with E-state index in [4.69, 9.17) is 0 Å². The van der Waals surface area contributed by atoms with Crippen LogP contribution in [0, 0.1) is 5.82 Å². The smallest absolute Gasteiger partial charge is 0.251 e. The van der Waals surface area contributed by atoms with Gasteiger partial charge in [0.05, 0.1) is 0 Å². The summed E-state index contributed by atoms with van der Waals surface area (Å²) in [7, 11) is 0. The molecular weight excluding hydrogens is 257 g/mol. The van der Waals surface area contributed by atoms with Crippen molar-refractivity contribution in [3.8, 4) is 0 Å². The molecule has 0 unspecified atom stereocenters. The fourth-order valence-corrected chi connectivity index (χ4v) is 1.78. The minimum absolute atomic E-state index is 0.202. The molecule has 0 saturated heterocycles. The third-order valence-electron chi connectivity index (χ3n) is 2.90. The van der Waals surface area contributed by atoms with Crippen LogP contribution in [-0.4, -0.2) is 12.2 Å². The number of amides is 1. The number of aldehydes is 1. The van der Waals surface area contributed by atoms with E-state index in [1.54, 1.807) is 36.4 Å². The molecule has 0 spiro atoms. The third kappa shape index (κ3) is 3.75. The summed E-state index contributed by atoms with van der Waals surface area (Å²) >= 11 is 0. The molecule has 0 aromatic heterocycles. The van der Waals surface area contributed by atoms with Crippen molar-refractivity contribution in [3.63, 3.8) is 0 Å². The van der Waals surface area contributed by atoms with Crippen molar-refractivity contribution in [3.05, 3.63) is 71.0 Å². The molecular formula is C16H14FNO2. The molecule has 0 heterocycles. The van der Waals surface area contributed by atoms with Gasteiger partial charge in [0.1, 0.15) is 12.1 Å². The average molecular weight is 271 g/mol.